The Morgan fingerprint density at radius 2 is 1.94 bits per heavy atom. The molecule has 1 aromatic rings. The number of hydrogen-bond acceptors (Lipinski definition) is 2. The van der Waals surface area contributed by atoms with Crippen LogP contribution in [-0.4, -0.2) is 40.5 Å². The van der Waals surface area contributed by atoms with Crippen LogP contribution in [0.1, 0.15) is 24.3 Å². The third-order valence-electron chi connectivity index (χ3n) is 3.01. The maximum atomic E-state index is 12.3. The SMILES string of the molecule is CC1CN(C(=O)c2cccn2C)CC(C)N1.Cl. The van der Waals surface area contributed by atoms with E-state index in [0.717, 1.165) is 18.8 Å². The average Bonchev–Trinajstić information content (AvgIpc) is 2.62. The van der Waals surface area contributed by atoms with E-state index in [1.807, 2.05) is 34.8 Å². The molecule has 1 fully saturated rings. The molecule has 1 N–H and O–H groups in total. The summed E-state index contributed by atoms with van der Waals surface area (Å²) in [6.45, 7) is 5.80. The van der Waals surface area contributed by atoms with Gasteiger partial charge in [0.25, 0.3) is 5.91 Å². The van der Waals surface area contributed by atoms with E-state index in [2.05, 4.69) is 19.2 Å². The normalized spacial score (nSPS) is 24.3. The summed E-state index contributed by atoms with van der Waals surface area (Å²) in [5.41, 5.74) is 0.765. The van der Waals surface area contributed by atoms with Crippen molar-refractivity contribution in [2.24, 2.45) is 7.05 Å². The Morgan fingerprint density at radius 1 is 1.35 bits per heavy atom. The smallest absolute Gasteiger partial charge is 0.270 e. The maximum absolute atomic E-state index is 12.3. The third-order valence-corrected chi connectivity index (χ3v) is 3.01. The number of nitrogens with one attached hydrogen (secondary N) is 1. The first-order valence-corrected chi connectivity index (χ1v) is 5.74. The van der Waals surface area contributed by atoms with Crippen LogP contribution < -0.4 is 5.32 Å². The summed E-state index contributed by atoms with van der Waals surface area (Å²) < 4.78 is 1.87. The number of hydrogen-bond donors (Lipinski definition) is 1. The number of nitrogens with zero attached hydrogens (tertiary/aromatic N) is 2. The molecule has 5 heteroatoms. The molecule has 1 aliphatic rings. The van der Waals surface area contributed by atoms with Crippen LogP contribution in [0.4, 0.5) is 0 Å². The number of amides is 1. The number of piperazine rings is 1. The second-order valence-electron chi connectivity index (χ2n) is 4.68. The van der Waals surface area contributed by atoms with E-state index in [1.165, 1.54) is 0 Å². The summed E-state index contributed by atoms with van der Waals surface area (Å²) in [6.07, 6.45) is 1.91. The largest absolute Gasteiger partial charge is 0.347 e. The molecule has 1 aromatic heterocycles. The fourth-order valence-electron chi connectivity index (χ4n) is 2.34. The highest BCUT2D eigenvalue weighted by molar-refractivity contribution is 5.92. The molecule has 0 radical (unpaired) electrons. The first kappa shape index (κ1) is 14.1. The van der Waals surface area contributed by atoms with E-state index < -0.39 is 0 Å². The summed E-state index contributed by atoms with van der Waals surface area (Å²) >= 11 is 0. The fraction of sp³-hybridized carbons (Fsp3) is 0.583. The molecular formula is C12H20ClN3O. The Balaban J connectivity index is 0.00000144. The molecule has 1 saturated heterocycles. The Bertz CT molecular complexity index is 381. The molecule has 0 aromatic carbocycles. The zero-order valence-electron chi connectivity index (χ0n) is 10.5. The highest BCUT2D eigenvalue weighted by Crippen LogP contribution is 2.10. The third kappa shape index (κ3) is 3.01. The van der Waals surface area contributed by atoms with Gasteiger partial charge in [0.15, 0.2) is 0 Å². The first-order chi connectivity index (χ1) is 7.58. The average molecular weight is 258 g/mol. The molecule has 1 amide bonds. The molecule has 2 unspecified atom stereocenters. The van der Waals surface area contributed by atoms with Crippen molar-refractivity contribution in [3.05, 3.63) is 24.0 Å². The quantitative estimate of drug-likeness (QED) is 0.823. The Hall–Kier alpha value is -1.00. The molecule has 2 atom stereocenters. The van der Waals surface area contributed by atoms with Crippen LogP contribution in [0.5, 0.6) is 0 Å². The predicted octanol–water partition coefficient (Wildman–Crippen LogP) is 1.27. The predicted molar refractivity (Wildman–Crippen MR) is 70.6 cm³/mol. The molecule has 1 aliphatic heterocycles. The lowest BCUT2D eigenvalue weighted by Crippen LogP contribution is -2.56. The number of carbonyl (C=O) groups is 1. The van der Waals surface area contributed by atoms with Gasteiger partial charge in [-0.05, 0) is 26.0 Å². The van der Waals surface area contributed by atoms with Gasteiger partial charge >= 0.3 is 0 Å². The molecular weight excluding hydrogens is 238 g/mol. The lowest BCUT2D eigenvalue weighted by Gasteiger charge is -2.36. The van der Waals surface area contributed by atoms with Crippen molar-refractivity contribution in [2.45, 2.75) is 25.9 Å². The van der Waals surface area contributed by atoms with E-state index in [4.69, 9.17) is 0 Å². The van der Waals surface area contributed by atoms with Gasteiger partial charge in [-0.15, -0.1) is 12.4 Å². The molecule has 0 spiro atoms. The molecule has 96 valence electrons. The van der Waals surface area contributed by atoms with Gasteiger partial charge in [-0.25, -0.2) is 0 Å². The summed E-state index contributed by atoms with van der Waals surface area (Å²) in [6, 6.07) is 4.52. The van der Waals surface area contributed by atoms with Crippen molar-refractivity contribution >= 4 is 18.3 Å². The van der Waals surface area contributed by atoms with Crippen LogP contribution in [-0.2, 0) is 7.05 Å². The van der Waals surface area contributed by atoms with Crippen LogP contribution >= 0.6 is 12.4 Å². The van der Waals surface area contributed by atoms with Gasteiger partial charge in [0.2, 0.25) is 0 Å². The van der Waals surface area contributed by atoms with Crippen LogP contribution in [0.2, 0.25) is 0 Å². The van der Waals surface area contributed by atoms with E-state index >= 15 is 0 Å². The summed E-state index contributed by atoms with van der Waals surface area (Å²) in [5.74, 6) is 0.132. The van der Waals surface area contributed by atoms with Gasteiger partial charge in [0, 0.05) is 38.4 Å². The van der Waals surface area contributed by atoms with Crippen molar-refractivity contribution in [1.29, 1.82) is 0 Å². The first-order valence-electron chi connectivity index (χ1n) is 5.74. The monoisotopic (exact) mass is 257 g/mol. The zero-order valence-corrected chi connectivity index (χ0v) is 11.3. The van der Waals surface area contributed by atoms with Crippen LogP contribution in [0.3, 0.4) is 0 Å². The molecule has 0 aliphatic carbocycles. The number of halogens is 1. The summed E-state index contributed by atoms with van der Waals surface area (Å²) in [7, 11) is 1.91. The van der Waals surface area contributed by atoms with Gasteiger partial charge < -0.3 is 14.8 Å². The van der Waals surface area contributed by atoms with Crippen molar-refractivity contribution in [1.82, 2.24) is 14.8 Å². The molecule has 0 saturated carbocycles. The minimum Gasteiger partial charge on any atom is -0.347 e. The highest BCUT2D eigenvalue weighted by Gasteiger charge is 2.26. The Labute approximate surface area is 108 Å². The maximum Gasteiger partial charge on any atom is 0.270 e. The van der Waals surface area contributed by atoms with E-state index in [1.54, 1.807) is 0 Å². The van der Waals surface area contributed by atoms with Crippen LogP contribution in [0.25, 0.3) is 0 Å². The molecule has 4 nitrogen and oxygen atoms in total. The van der Waals surface area contributed by atoms with Crippen LogP contribution in [0.15, 0.2) is 18.3 Å². The van der Waals surface area contributed by atoms with E-state index in [-0.39, 0.29) is 18.3 Å². The van der Waals surface area contributed by atoms with Gasteiger partial charge in [-0.2, -0.15) is 0 Å². The molecule has 2 heterocycles. The second kappa shape index (κ2) is 5.56. The number of rotatable bonds is 1. The van der Waals surface area contributed by atoms with E-state index in [0.29, 0.717) is 12.1 Å². The number of aryl methyl sites for hydroxylation is 1. The standard InChI is InChI=1S/C12H19N3O.ClH/c1-9-7-15(8-10(2)13-9)12(16)11-5-4-6-14(11)3;/h4-6,9-10,13H,7-8H2,1-3H3;1H. The highest BCUT2D eigenvalue weighted by atomic mass is 35.5. The van der Waals surface area contributed by atoms with Gasteiger partial charge in [-0.1, -0.05) is 0 Å². The molecule has 0 bridgehead atoms. The lowest BCUT2D eigenvalue weighted by atomic mass is 10.1. The second-order valence-corrected chi connectivity index (χ2v) is 4.68. The number of carbonyl (C=O) groups excluding carboxylic acids is 1. The Kier molecular flexibility index (Phi) is 4.60. The van der Waals surface area contributed by atoms with Crippen molar-refractivity contribution in [3.63, 3.8) is 0 Å². The van der Waals surface area contributed by atoms with Crippen molar-refractivity contribution < 1.29 is 4.79 Å². The van der Waals surface area contributed by atoms with Gasteiger partial charge in [0.05, 0.1) is 0 Å². The number of aromatic nitrogens is 1. The van der Waals surface area contributed by atoms with Crippen molar-refractivity contribution in [2.75, 3.05) is 13.1 Å². The molecule has 2 rings (SSSR count). The summed E-state index contributed by atoms with van der Waals surface area (Å²) in [4.78, 5) is 14.2. The van der Waals surface area contributed by atoms with Crippen LogP contribution in [0, 0.1) is 0 Å². The Morgan fingerprint density at radius 3 is 2.41 bits per heavy atom. The summed E-state index contributed by atoms with van der Waals surface area (Å²) in [5, 5.41) is 3.42. The van der Waals surface area contributed by atoms with Gasteiger partial charge in [0.1, 0.15) is 5.69 Å². The van der Waals surface area contributed by atoms with E-state index in [9.17, 15) is 4.79 Å². The minimum atomic E-state index is 0. The minimum absolute atomic E-state index is 0. The zero-order chi connectivity index (χ0) is 11.7. The topological polar surface area (TPSA) is 37.3 Å². The molecule has 17 heavy (non-hydrogen) atoms. The lowest BCUT2D eigenvalue weighted by molar-refractivity contribution is 0.0664. The van der Waals surface area contributed by atoms with Gasteiger partial charge in [-0.3, -0.25) is 4.79 Å². The van der Waals surface area contributed by atoms with Crippen molar-refractivity contribution in [3.8, 4) is 0 Å². The fourth-order valence-corrected chi connectivity index (χ4v) is 2.34.